The number of halogens is 2. The first kappa shape index (κ1) is 20.1. The fraction of sp³-hybridized carbons (Fsp3) is 0.190. The Kier molecular flexibility index (Phi) is 5.87. The number of pyridine rings is 1. The molecule has 144 valence electrons. The molecule has 0 aliphatic heterocycles. The number of hydrogen-bond acceptors (Lipinski definition) is 3. The van der Waals surface area contributed by atoms with Gasteiger partial charge >= 0.3 is 0 Å². The van der Waals surface area contributed by atoms with Crippen LogP contribution in [0.1, 0.15) is 45.8 Å². The molecule has 7 heteroatoms. The maximum absolute atomic E-state index is 13.1. The molecule has 1 aromatic heterocycles. The van der Waals surface area contributed by atoms with Gasteiger partial charge in [-0.15, -0.1) is 0 Å². The number of hydrogen-bond donors (Lipinski definition) is 2. The number of benzene rings is 2. The highest BCUT2D eigenvalue weighted by Gasteiger charge is 2.21. The number of aromatic nitrogens is 1. The van der Waals surface area contributed by atoms with Crippen molar-refractivity contribution < 1.29 is 9.59 Å². The van der Waals surface area contributed by atoms with Crippen molar-refractivity contribution >= 4 is 51.6 Å². The van der Waals surface area contributed by atoms with E-state index in [1.807, 2.05) is 26.0 Å². The molecule has 2 aromatic carbocycles. The summed E-state index contributed by atoms with van der Waals surface area (Å²) in [5.41, 5.74) is 8.38. The largest absolute Gasteiger partial charge is 0.366 e. The summed E-state index contributed by atoms with van der Waals surface area (Å²) in [4.78, 5) is 29.4. The highest BCUT2D eigenvalue weighted by atomic mass is 35.5. The Labute approximate surface area is 172 Å². The van der Waals surface area contributed by atoms with Gasteiger partial charge in [-0.2, -0.15) is 0 Å². The van der Waals surface area contributed by atoms with Gasteiger partial charge in [0.2, 0.25) is 0 Å². The normalized spacial score (nSPS) is 10.9. The second-order valence-electron chi connectivity index (χ2n) is 6.28. The van der Waals surface area contributed by atoms with Crippen LogP contribution in [0.15, 0.2) is 36.4 Å². The Morgan fingerprint density at radius 2 is 1.82 bits per heavy atom. The first-order valence-electron chi connectivity index (χ1n) is 8.88. The van der Waals surface area contributed by atoms with Gasteiger partial charge in [-0.3, -0.25) is 9.59 Å². The van der Waals surface area contributed by atoms with Crippen molar-refractivity contribution in [3.8, 4) is 0 Å². The number of nitrogens with zero attached hydrogens (tertiary/aromatic N) is 1. The molecule has 0 atom stereocenters. The lowest BCUT2D eigenvalue weighted by Crippen LogP contribution is -2.23. The summed E-state index contributed by atoms with van der Waals surface area (Å²) in [6, 6.07) is 10.3. The van der Waals surface area contributed by atoms with Crippen LogP contribution in [0, 0.1) is 0 Å². The van der Waals surface area contributed by atoms with Gasteiger partial charge in [-0.25, -0.2) is 4.98 Å². The number of carbonyl (C=O) groups is 2. The Morgan fingerprint density at radius 3 is 2.46 bits per heavy atom. The average Bonchev–Trinajstić information content (AvgIpc) is 2.67. The van der Waals surface area contributed by atoms with Gasteiger partial charge in [0.25, 0.3) is 11.8 Å². The summed E-state index contributed by atoms with van der Waals surface area (Å²) in [6.45, 7) is 3.95. The molecule has 0 aliphatic rings. The first-order valence-corrected chi connectivity index (χ1v) is 9.63. The molecular weight excluding hydrogens is 397 g/mol. The average molecular weight is 416 g/mol. The third kappa shape index (κ3) is 3.68. The van der Waals surface area contributed by atoms with E-state index in [9.17, 15) is 9.59 Å². The molecule has 3 aromatic rings. The third-order valence-corrected chi connectivity index (χ3v) is 5.29. The van der Waals surface area contributed by atoms with Crippen LogP contribution in [-0.2, 0) is 12.8 Å². The molecule has 0 saturated heterocycles. The van der Waals surface area contributed by atoms with E-state index in [2.05, 4.69) is 10.3 Å². The lowest BCUT2D eigenvalue weighted by Gasteiger charge is -2.16. The molecule has 3 rings (SSSR count). The van der Waals surface area contributed by atoms with Gasteiger partial charge in [0.15, 0.2) is 0 Å². The minimum atomic E-state index is -0.753. The molecule has 0 radical (unpaired) electrons. The molecular formula is C21H19Cl2N3O2. The molecule has 0 saturated carbocycles. The molecule has 28 heavy (non-hydrogen) atoms. The van der Waals surface area contributed by atoms with E-state index in [4.69, 9.17) is 28.9 Å². The van der Waals surface area contributed by atoms with Crippen molar-refractivity contribution in [1.82, 2.24) is 4.98 Å². The van der Waals surface area contributed by atoms with E-state index in [1.165, 1.54) is 6.07 Å². The third-order valence-electron chi connectivity index (χ3n) is 4.60. The second kappa shape index (κ2) is 8.17. The lowest BCUT2D eigenvalue weighted by molar-refractivity contribution is 0.0974. The Balaban J connectivity index is 2.14. The molecule has 3 N–H and O–H groups in total. The predicted octanol–water partition coefficient (Wildman–Crippen LogP) is 5.02. The van der Waals surface area contributed by atoms with Crippen LogP contribution in [0.5, 0.6) is 0 Å². The van der Waals surface area contributed by atoms with Crippen LogP contribution in [0.25, 0.3) is 10.9 Å². The quantitative estimate of drug-likeness (QED) is 0.613. The van der Waals surface area contributed by atoms with E-state index in [1.54, 1.807) is 18.2 Å². The predicted molar refractivity (Wildman–Crippen MR) is 113 cm³/mol. The zero-order chi connectivity index (χ0) is 20.4. The standard InChI is InChI=1S/C21H19Cl2N3O2/c1-3-11-8-9-16(23)12(4-2)18(11)26-21(28)19-14(20(24)27)10-13-15(22)6-5-7-17(13)25-19/h5-10H,3-4H2,1-2H3,(H2,24,27)(H,26,28). The van der Waals surface area contributed by atoms with E-state index in [0.29, 0.717) is 39.5 Å². The Morgan fingerprint density at radius 1 is 1.07 bits per heavy atom. The number of fused-ring (bicyclic) bond motifs is 1. The number of carbonyl (C=O) groups excluding carboxylic acids is 2. The van der Waals surface area contributed by atoms with Crippen molar-refractivity contribution in [1.29, 1.82) is 0 Å². The van der Waals surface area contributed by atoms with E-state index in [0.717, 1.165) is 11.1 Å². The van der Waals surface area contributed by atoms with Gasteiger partial charge in [0.05, 0.1) is 11.1 Å². The topological polar surface area (TPSA) is 85.1 Å². The lowest BCUT2D eigenvalue weighted by atomic mass is 10.0. The molecule has 0 unspecified atom stereocenters. The fourth-order valence-electron chi connectivity index (χ4n) is 3.16. The van der Waals surface area contributed by atoms with Gasteiger partial charge < -0.3 is 11.1 Å². The summed E-state index contributed by atoms with van der Waals surface area (Å²) < 4.78 is 0. The maximum atomic E-state index is 13.1. The first-order chi connectivity index (χ1) is 13.4. The number of nitrogens with one attached hydrogen (secondary N) is 1. The van der Waals surface area contributed by atoms with Gasteiger partial charge in [0, 0.05) is 21.1 Å². The Bertz CT molecular complexity index is 1100. The molecule has 5 nitrogen and oxygen atoms in total. The van der Waals surface area contributed by atoms with Crippen molar-refractivity contribution in [2.24, 2.45) is 5.73 Å². The highest BCUT2D eigenvalue weighted by Crippen LogP contribution is 2.30. The van der Waals surface area contributed by atoms with Crippen LogP contribution < -0.4 is 11.1 Å². The molecule has 0 bridgehead atoms. The number of nitrogens with two attached hydrogens (primary N) is 1. The zero-order valence-corrected chi connectivity index (χ0v) is 17.0. The van der Waals surface area contributed by atoms with Crippen LogP contribution in [0.2, 0.25) is 10.0 Å². The van der Waals surface area contributed by atoms with Gasteiger partial charge in [-0.05, 0) is 48.2 Å². The molecule has 0 spiro atoms. The summed E-state index contributed by atoms with van der Waals surface area (Å²) in [5.74, 6) is -1.28. The van der Waals surface area contributed by atoms with Crippen molar-refractivity contribution in [2.75, 3.05) is 5.32 Å². The fourth-order valence-corrected chi connectivity index (χ4v) is 3.68. The number of anilines is 1. The number of rotatable bonds is 5. The SMILES string of the molecule is CCc1ccc(Cl)c(CC)c1NC(=O)c1nc2cccc(Cl)c2cc1C(N)=O. The number of aryl methyl sites for hydroxylation is 1. The molecule has 0 fully saturated rings. The van der Waals surface area contributed by atoms with E-state index < -0.39 is 11.8 Å². The minimum absolute atomic E-state index is 0.0104. The molecule has 2 amide bonds. The van der Waals surface area contributed by atoms with E-state index in [-0.39, 0.29) is 11.3 Å². The van der Waals surface area contributed by atoms with E-state index >= 15 is 0 Å². The summed E-state index contributed by atoms with van der Waals surface area (Å²) in [6.07, 6.45) is 1.36. The second-order valence-corrected chi connectivity index (χ2v) is 7.09. The molecule has 1 heterocycles. The zero-order valence-electron chi connectivity index (χ0n) is 15.5. The van der Waals surface area contributed by atoms with Gasteiger partial charge in [0.1, 0.15) is 5.69 Å². The van der Waals surface area contributed by atoms with Crippen molar-refractivity contribution in [3.05, 3.63) is 68.8 Å². The summed E-state index contributed by atoms with van der Waals surface area (Å²) >= 11 is 12.5. The number of primary amides is 1. The summed E-state index contributed by atoms with van der Waals surface area (Å²) in [7, 11) is 0. The van der Waals surface area contributed by atoms with Gasteiger partial charge in [-0.1, -0.05) is 49.2 Å². The van der Waals surface area contributed by atoms with Crippen molar-refractivity contribution in [2.45, 2.75) is 26.7 Å². The van der Waals surface area contributed by atoms with Crippen LogP contribution in [0.3, 0.4) is 0 Å². The minimum Gasteiger partial charge on any atom is -0.366 e. The van der Waals surface area contributed by atoms with Crippen molar-refractivity contribution in [3.63, 3.8) is 0 Å². The highest BCUT2D eigenvalue weighted by molar-refractivity contribution is 6.35. The Hall–Kier alpha value is -2.63. The van der Waals surface area contributed by atoms with Crippen LogP contribution >= 0.6 is 23.2 Å². The maximum Gasteiger partial charge on any atom is 0.275 e. The number of amides is 2. The van der Waals surface area contributed by atoms with Crippen LogP contribution in [0.4, 0.5) is 5.69 Å². The summed E-state index contributed by atoms with van der Waals surface area (Å²) in [5, 5.41) is 4.44. The monoisotopic (exact) mass is 415 g/mol. The molecule has 0 aliphatic carbocycles. The smallest absolute Gasteiger partial charge is 0.275 e. The van der Waals surface area contributed by atoms with Crippen LogP contribution in [-0.4, -0.2) is 16.8 Å².